The Kier molecular flexibility index (Phi) is 4.57. The molecular formula is C8H14ClN3OS. The van der Waals surface area contributed by atoms with Gasteiger partial charge in [-0.25, -0.2) is 0 Å². The van der Waals surface area contributed by atoms with Crippen molar-refractivity contribution in [3.63, 3.8) is 0 Å². The predicted octanol–water partition coefficient (Wildman–Crippen LogP) is 2.05. The number of hydrogen-bond donors (Lipinski definition) is 0. The maximum Gasteiger partial charge on any atom is 0.187 e. The van der Waals surface area contributed by atoms with Crippen molar-refractivity contribution in [1.29, 1.82) is 0 Å². The molecule has 0 fully saturated rings. The van der Waals surface area contributed by atoms with Crippen LogP contribution in [0.2, 0.25) is 5.15 Å². The van der Waals surface area contributed by atoms with Crippen molar-refractivity contribution < 1.29 is 4.74 Å². The lowest BCUT2D eigenvalue weighted by Crippen LogP contribution is -2.34. The number of anilines is 1. The van der Waals surface area contributed by atoms with Crippen molar-refractivity contribution >= 4 is 29.1 Å². The zero-order chi connectivity index (χ0) is 10.6. The molecule has 0 saturated carbocycles. The van der Waals surface area contributed by atoms with Crippen LogP contribution >= 0.6 is 23.3 Å². The van der Waals surface area contributed by atoms with E-state index in [0.717, 1.165) is 24.1 Å². The van der Waals surface area contributed by atoms with Crippen LogP contribution in [0.1, 0.15) is 13.8 Å². The van der Waals surface area contributed by atoms with Gasteiger partial charge in [-0.2, -0.15) is 8.75 Å². The van der Waals surface area contributed by atoms with Gasteiger partial charge in [0.1, 0.15) is 0 Å². The Morgan fingerprint density at radius 2 is 2.21 bits per heavy atom. The molecule has 1 heterocycles. The lowest BCUT2D eigenvalue weighted by molar-refractivity contribution is 0.203. The molecule has 80 valence electrons. The minimum atomic E-state index is 0.339. The molecule has 0 unspecified atom stereocenters. The summed E-state index contributed by atoms with van der Waals surface area (Å²) in [6.45, 7) is 5.61. The summed E-state index contributed by atoms with van der Waals surface area (Å²) in [6.07, 6.45) is 0. The van der Waals surface area contributed by atoms with E-state index in [1.165, 1.54) is 0 Å². The third-order valence-electron chi connectivity index (χ3n) is 1.86. The second-order valence-electron chi connectivity index (χ2n) is 3.16. The first-order valence-corrected chi connectivity index (χ1v) is 5.51. The molecule has 0 aliphatic carbocycles. The van der Waals surface area contributed by atoms with Gasteiger partial charge < -0.3 is 9.64 Å². The normalized spacial score (nSPS) is 10.9. The molecule has 0 aliphatic heterocycles. The molecule has 0 bridgehead atoms. The van der Waals surface area contributed by atoms with E-state index in [2.05, 4.69) is 27.5 Å². The first-order chi connectivity index (χ1) is 6.66. The zero-order valence-corrected chi connectivity index (χ0v) is 10.1. The van der Waals surface area contributed by atoms with Crippen LogP contribution in [0.4, 0.5) is 5.82 Å². The smallest absolute Gasteiger partial charge is 0.187 e. The molecule has 0 aliphatic rings. The number of hydrogen-bond acceptors (Lipinski definition) is 5. The van der Waals surface area contributed by atoms with Gasteiger partial charge in [-0.3, -0.25) is 0 Å². The molecule has 0 N–H and O–H groups in total. The van der Waals surface area contributed by atoms with Crippen molar-refractivity contribution in [2.45, 2.75) is 19.9 Å². The number of ether oxygens (including phenoxy) is 1. The fraction of sp³-hybridized carbons (Fsp3) is 0.750. The van der Waals surface area contributed by atoms with E-state index in [1.54, 1.807) is 7.11 Å². The van der Waals surface area contributed by atoms with Crippen molar-refractivity contribution in [1.82, 2.24) is 8.75 Å². The summed E-state index contributed by atoms with van der Waals surface area (Å²) in [4.78, 5) is 2.08. The number of halogens is 1. The standard InChI is InChI=1S/C8H14ClN3OS/c1-6(2)12(4-5-13-3)8-7(9)10-14-11-8/h6H,4-5H2,1-3H3. The molecule has 0 atom stereocenters. The van der Waals surface area contributed by atoms with E-state index in [9.17, 15) is 0 Å². The highest BCUT2D eigenvalue weighted by Gasteiger charge is 2.16. The highest BCUT2D eigenvalue weighted by molar-refractivity contribution is 6.99. The van der Waals surface area contributed by atoms with E-state index < -0.39 is 0 Å². The minimum absolute atomic E-state index is 0.339. The lowest BCUT2D eigenvalue weighted by atomic mass is 10.3. The Bertz CT molecular complexity index is 279. The van der Waals surface area contributed by atoms with Gasteiger partial charge in [-0.1, -0.05) is 11.6 Å². The SMILES string of the molecule is COCCN(c1nsnc1Cl)C(C)C. The average Bonchev–Trinajstić information content (AvgIpc) is 2.52. The maximum atomic E-state index is 5.91. The molecule has 0 saturated heterocycles. The molecule has 1 rings (SSSR count). The minimum Gasteiger partial charge on any atom is -0.383 e. The summed E-state index contributed by atoms with van der Waals surface area (Å²) >= 11 is 7.04. The van der Waals surface area contributed by atoms with E-state index >= 15 is 0 Å². The highest BCUT2D eigenvalue weighted by Crippen LogP contribution is 2.24. The molecule has 1 aromatic heterocycles. The van der Waals surface area contributed by atoms with E-state index in [0.29, 0.717) is 17.8 Å². The molecular weight excluding hydrogens is 222 g/mol. The van der Waals surface area contributed by atoms with E-state index in [4.69, 9.17) is 16.3 Å². The number of rotatable bonds is 5. The second-order valence-corrected chi connectivity index (χ2v) is 4.05. The van der Waals surface area contributed by atoms with Crippen LogP contribution < -0.4 is 4.90 Å². The first kappa shape index (κ1) is 11.7. The van der Waals surface area contributed by atoms with Crippen LogP contribution in [0.25, 0.3) is 0 Å². The Balaban J connectivity index is 2.73. The second kappa shape index (κ2) is 5.48. The monoisotopic (exact) mass is 235 g/mol. The van der Waals surface area contributed by atoms with Gasteiger partial charge in [0.05, 0.1) is 18.3 Å². The van der Waals surface area contributed by atoms with Crippen molar-refractivity contribution in [3.8, 4) is 0 Å². The van der Waals surface area contributed by atoms with Crippen LogP contribution in [-0.4, -0.2) is 35.1 Å². The largest absolute Gasteiger partial charge is 0.383 e. The van der Waals surface area contributed by atoms with Crippen molar-refractivity contribution in [3.05, 3.63) is 5.15 Å². The third kappa shape index (κ3) is 2.80. The summed E-state index contributed by atoms with van der Waals surface area (Å²) < 4.78 is 13.1. The van der Waals surface area contributed by atoms with E-state index in [1.807, 2.05) is 0 Å². The van der Waals surface area contributed by atoms with Crippen molar-refractivity contribution in [2.24, 2.45) is 0 Å². The van der Waals surface area contributed by atoms with Crippen LogP contribution in [0.3, 0.4) is 0 Å². The topological polar surface area (TPSA) is 38.2 Å². The number of methoxy groups -OCH3 is 1. The first-order valence-electron chi connectivity index (χ1n) is 4.40. The van der Waals surface area contributed by atoms with E-state index in [-0.39, 0.29) is 0 Å². The molecule has 6 heteroatoms. The molecule has 1 aromatic rings. The Labute approximate surface area is 93.2 Å². The summed E-state index contributed by atoms with van der Waals surface area (Å²) in [5.41, 5.74) is 0. The van der Waals surface area contributed by atoms with Gasteiger partial charge in [0, 0.05) is 19.7 Å². The van der Waals surface area contributed by atoms with Crippen LogP contribution in [0.5, 0.6) is 0 Å². The molecule has 0 amide bonds. The highest BCUT2D eigenvalue weighted by atomic mass is 35.5. The molecule has 0 spiro atoms. The van der Waals surface area contributed by atoms with Crippen LogP contribution in [0.15, 0.2) is 0 Å². The summed E-state index contributed by atoms with van der Waals surface area (Å²) in [5, 5.41) is 0.472. The lowest BCUT2D eigenvalue weighted by Gasteiger charge is -2.25. The molecule has 14 heavy (non-hydrogen) atoms. The Hall–Kier alpha value is -0.390. The van der Waals surface area contributed by atoms with Crippen molar-refractivity contribution in [2.75, 3.05) is 25.2 Å². The van der Waals surface area contributed by atoms with Crippen LogP contribution in [-0.2, 0) is 4.74 Å². The predicted molar refractivity (Wildman–Crippen MR) is 59.3 cm³/mol. The Morgan fingerprint density at radius 3 is 2.64 bits per heavy atom. The maximum absolute atomic E-state index is 5.91. The van der Waals surface area contributed by atoms with Gasteiger partial charge in [-0.15, -0.1) is 0 Å². The molecule has 0 aromatic carbocycles. The molecule has 4 nitrogen and oxygen atoms in total. The van der Waals surface area contributed by atoms with Crippen LogP contribution in [0, 0.1) is 0 Å². The van der Waals surface area contributed by atoms with Gasteiger partial charge in [0.25, 0.3) is 0 Å². The fourth-order valence-corrected chi connectivity index (χ4v) is 1.90. The summed E-state index contributed by atoms with van der Waals surface area (Å²) in [5.74, 6) is 0.753. The summed E-state index contributed by atoms with van der Waals surface area (Å²) in [7, 11) is 1.68. The molecule has 0 radical (unpaired) electrons. The number of aromatic nitrogens is 2. The van der Waals surface area contributed by atoms with Gasteiger partial charge >= 0.3 is 0 Å². The van der Waals surface area contributed by atoms with Gasteiger partial charge in [0.2, 0.25) is 0 Å². The summed E-state index contributed by atoms with van der Waals surface area (Å²) in [6, 6.07) is 0.339. The Morgan fingerprint density at radius 1 is 1.50 bits per heavy atom. The van der Waals surface area contributed by atoms with Gasteiger partial charge in [-0.05, 0) is 13.8 Å². The zero-order valence-electron chi connectivity index (χ0n) is 8.53. The average molecular weight is 236 g/mol. The third-order valence-corrected chi connectivity index (χ3v) is 2.74. The van der Waals surface area contributed by atoms with Gasteiger partial charge in [0.15, 0.2) is 11.0 Å². The quantitative estimate of drug-likeness (QED) is 0.783. The fourth-order valence-electron chi connectivity index (χ4n) is 1.14. The number of nitrogens with zero attached hydrogens (tertiary/aromatic N) is 3.